The van der Waals surface area contributed by atoms with E-state index in [-0.39, 0.29) is 11.9 Å². The van der Waals surface area contributed by atoms with E-state index in [1.165, 1.54) is 23.3 Å². The summed E-state index contributed by atoms with van der Waals surface area (Å²) in [5, 5.41) is 9.70. The highest BCUT2D eigenvalue weighted by atomic mass is 32.2. The van der Waals surface area contributed by atoms with Gasteiger partial charge in [0.2, 0.25) is 0 Å². The number of rotatable bonds is 6. The Morgan fingerprint density at radius 3 is 2.70 bits per heavy atom. The standard InChI is InChI=1S/C21H22FN3OS/c1-15-5-2-3-6-17(15)14-27-21-24-23-20(16-8-10-18(22)11-9-16)25(21)13-19-7-4-12-26-19/h2-3,5-6,8-11,19H,4,7,12-14H2,1H3. The minimum atomic E-state index is -0.252. The summed E-state index contributed by atoms with van der Waals surface area (Å²) < 4.78 is 21.3. The Morgan fingerprint density at radius 2 is 1.96 bits per heavy atom. The van der Waals surface area contributed by atoms with E-state index in [4.69, 9.17) is 4.74 Å². The van der Waals surface area contributed by atoms with Crippen molar-refractivity contribution in [1.82, 2.24) is 14.8 Å². The van der Waals surface area contributed by atoms with Gasteiger partial charge < -0.3 is 4.74 Å². The predicted molar refractivity (Wildman–Crippen MR) is 105 cm³/mol. The van der Waals surface area contributed by atoms with E-state index in [1.807, 2.05) is 0 Å². The van der Waals surface area contributed by atoms with Crippen LogP contribution >= 0.6 is 11.8 Å². The van der Waals surface area contributed by atoms with Crippen LogP contribution in [0.25, 0.3) is 11.4 Å². The van der Waals surface area contributed by atoms with Gasteiger partial charge in [-0.3, -0.25) is 4.57 Å². The molecule has 6 heteroatoms. The lowest BCUT2D eigenvalue weighted by Crippen LogP contribution is -2.16. The number of hydrogen-bond acceptors (Lipinski definition) is 4. The first-order valence-corrected chi connectivity index (χ1v) is 10.2. The molecule has 0 bridgehead atoms. The minimum absolute atomic E-state index is 0.179. The molecule has 3 aromatic rings. The SMILES string of the molecule is Cc1ccccc1CSc1nnc(-c2ccc(F)cc2)n1CC1CCCO1. The molecule has 0 N–H and O–H groups in total. The zero-order valence-corrected chi connectivity index (χ0v) is 16.1. The Labute approximate surface area is 162 Å². The fourth-order valence-electron chi connectivity index (χ4n) is 3.28. The average molecular weight is 383 g/mol. The van der Waals surface area contributed by atoms with Gasteiger partial charge in [-0.25, -0.2) is 4.39 Å². The summed E-state index contributed by atoms with van der Waals surface area (Å²) in [5.41, 5.74) is 3.43. The molecule has 1 aliphatic heterocycles. The molecule has 0 saturated carbocycles. The summed E-state index contributed by atoms with van der Waals surface area (Å²) in [5.74, 6) is 1.34. The Morgan fingerprint density at radius 1 is 1.15 bits per heavy atom. The van der Waals surface area contributed by atoms with Gasteiger partial charge >= 0.3 is 0 Å². The molecule has 2 aromatic carbocycles. The summed E-state index contributed by atoms with van der Waals surface area (Å²) in [6, 6.07) is 14.8. The summed E-state index contributed by atoms with van der Waals surface area (Å²) in [7, 11) is 0. The number of aryl methyl sites for hydroxylation is 1. The Balaban J connectivity index is 1.61. The van der Waals surface area contributed by atoms with Gasteiger partial charge in [0.15, 0.2) is 11.0 Å². The second kappa shape index (κ2) is 8.23. The molecule has 1 aliphatic rings. The van der Waals surface area contributed by atoms with Crippen molar-refractivity contribution in [2.24, 2.45) is 0 Å². The average Bonchev–Trinajstić information content (AvgIpc) is 3.33. The lowest BCUT2D eigenvalue weighted by molar-refractivity contribution is 0.0953. The molecule has 1 atom stereocenters. The zero-order chi connectivity index (χ0) is 18.6. The highest BCUT2D eigenvalue weighted by Crippen LogP contribution is 2.29. The normalized spacial score (nSPS) is 16.7. The number of hydrogen-bond donors (Lipinski definition) is 0. The molecule has 1 unspecified atom stereocenters. The fourth-order valence-corrected chi connectivity index (χ4v) is 4.30. The van der Waals surface area contributed by atoms with E-state index < -0.39 is 0 Å². The molecule has 140 valence electrons. The summed E-state index contributed by atoms with van der Waals surface area (Å²) in [6.07, 6.45) is 2.31. The second-order valence-corrected chi connectivity index (χ2v) is 7.72. The maximum Gasteiger partial charge on any atom is 0.191 e. The highest BCUT2D eigenvalue weighted by Gasteiger charge is 2.22. The zero-order valence-electron chi connectivity index (χ0n) is 15.3. The number of aromatic nitrogens is 3. The second-order valence-electron chi connectivity index (χ2n) is 6.77. The largest absolute Gasteiger partial charge is 0.376 e. The van der Waals surface area contributed by atoms with Crippen molar-refractivity contribution in [2.75, 3.05) is 6.61 Å². The van der Waals surface area contributed by atoms with Crippen LogP contribution in [0.2, 0.25) is 0 Å². The van der Waals surface area contributed by atoms with Crippen LogP contribution in [-0.4, -0.2) is 27.5 Å². The number of halogens is 1. The third-order valence-corrected chi connectivity index (χ3v) is 5.86. The van der Waals surface area contributed by atoms with Crippen molar-refractivity contribution in [3.05, 3.63) is 65.5 Å². The van der Waals surface area contributed by atoms with E-state index in [0.29, 0.717) is 0 Å². The molecule has 27 heavy (non-hydrogen) atoms. The molecule has 0 amide bonds. The first kappa shape index (κ1) is 18.2. The minimum Gasteiger partial charge on any atom is -0.376 e. The van der Waals surface area contributed by atoms with Crippen LogP contribution < -0.4 is 0 Å². The molecule has 2 heterocycles. The van der Waals surface area contributed by atoms with E-state index in [2.05, 4.69) is 46.0 Å². The van der Waals surface area contributed by atoms with Crippen molar-refractivity contribution in [2.45, 2.75) is 43.3 Å². The number of thioether (sulfide) groups is 1. The van der Waals surface area contributed by atoms with E-state index in [9.17, 15) is 4.39 Å². The topological polar surface area (TPSA) is 39.9 Å². The van der Waals surface area contributed by atoms with Crippen LogP contribution in [0.1, 0.15) is 24.0 Å². The lowest BCUT2D eigenvalue weighted by atomic mass is 10.1. The van der Waals surface area contributed by atoms with Crippen molar-refractivity contribution >= 4 is 11.8 Å². The van der Waals surface area contributed by atoms with Gasteiger partial charge in [-0.15, -0.1) is 10.2 Å². The Bertz CT molecular complexity index is 904. The third kappa shape index (κ3) is 4.22. The molecule has 4 nitrogen and oxygen atoms in total. The number of benzene rings is 2. The van der Waals surface area contributed by atoms with Crippen molar-refractivity contribution in [1.29, 1.82) is 0 Å². The van der Waals surface area contributed by atoms with Crippen LogP contribution in [0.5, 0.6) is 0 Å². The van der Waals surface area contributed by atoms with Gasteiger partial charge in [0, 0.05) is 17.9 Å². The van der Waals surface area contributed by atoms with Gasteiger partial charge in [0.1, 0.15) is 5.82 Å². The first-order chi connectivity index (χ1) is 13.2. The third-order valence-electron chi connectivity index (χ3n) is 4.85. The highest BCUT2D eigenvalue weighted by molar-refractivity contribution is 7.98. The summed E-state index contributed by atoms with van der Waals surface area (Å²) >= 11 is 1.68. The van der Waals surface area contributed by atoms with E-state index in [0.717, 1.165) is 48.3 Å². The van der Waals surface area contributed by atoms with Gasteiger partial charge in [0.25, 0.3) is 0 Å². The lowest BCUT2D eigenvalue weighted by Gasteiger charge is -2.15. The molecular formula is C21H22FN3OS. The van der Waals surface area contributed by atoms with Crippen molar-refractivity contribution < 1.29 is 9.13 Å². The smallest absolute Gasteiger partial charge is 0.191 e. The quantitative estimate of drug-likeness (QED) is 0.570. The number of ether oxygens (including phenoxy) is 1. The molecule has 1 aromatic heterocycles. The summed E-state index contributed by atoms with van der Waals surface area (Å²) in [4.78, 5) is 0. The van der Waals surface area contributed by atoms with E-state index in [1.54, 1.807) is 23.9 Å². The monoisotopic (exact) mass is 383 g/mol. The van der Waals surface area contributed by atoms with Crippen LogP contribution in [-0.2, 0) is 17.0 Å². The molecule has 0 radical (unpaired) electrons. The van der Waals surface area contributed by atoms with Crippen LogP contribution in [0.3, 0.4) is 0 Å². The van der Waals surface area contributed by atoms with Gasteiger partial charge in [-0.2, -0.15) is 0 Å². The summed E-state index contributed by atoms with van der Waals surface area (Å²) in [6.45, 7) is 3.65. The maximum absolute atomic E-state index is 13.3. The Hall–Kier alpha value is -2.18. The van der Waals surface area contributed by atoms with Crippen molar-refractivity contribution in [3.8, 4) is 11.4 Å². The van der Waals surface area contributed by atoms with Gasteiger partial charge in [-0.1, -0.05) is 36.0 Å². The molecule has 0 aliphatic carbocycles. The maximum atomic E-state index is 13.3. The Kier molecular flexibility index (Phi) is 5.55. The first-order valence-electron chi connectivity index (χ1n) is 9.19. The molecule has 1 fully saturated rings. The molecule has 4 rings (SSSR count). The van der Waals surface area contributed by atoms with E-state index >= 15 is 0 Å². The molecule has 1 saturated heterocycles. The predicted octanol–water partition coefficient (Wildman–Crippen LogP) is 4.86. The number of nitrogens with zero attached hydrogens (tertiary/aromatic N) is 3. The van der Waals surface area contributed by atoms with Gasteiger partial charge in [-0.05, 0) is 55.2 Å². The fraction of sp³-hybridized carbons (Fsp3) is 0.333. The van der Waals surface area contributed by atoms with Crippen LogP contribution in [0.15, 0.2) is 53.7 Å². The molecule has 0 spiro atoms. The van der Waals surface area contributed by atoms with Crippen LogP contribution in [0, 0.1) is 12.7 Å². The van der Waals surface area contributed by atoms with Gasteiger partial charge in [0.05, 0.1) is 12.6 Å². The molecular weight excluding hydrogens is 361 g/mol. The van der Waals surface area contributed by atoms with Crippen LogP contribution in [0.4, 0.5) is 4.39 Å². The van der Waals surface area contributed by atoms with Crippen molar-refractivity contribution in [3.63, 3.8) is 0 Å².